The van der Waals surface area contributed by atoms with Crippen molar-refractivity contribution in [3.8, 4) is 11.1 Å². The molecule has 0 spiro atoms. The summed E-state index contributed by atoms with van der Waals surface area (Å²) in [6.45, 7) is 9.12. The fourth-order valence-electron chi connectivity index (χ4n) is 4.27. The van der Waals surface area contributed by atoms with E-state index in [4.69, 9.17) is 4.74 Å². The van der Waals surface area contributed by atoms with Gasteiger partial charge in [0.25, 0.3) is 0 Å². The van der Waals surface area contributed by atoms with Crippen molar-refractivity contribution >= 4 is 28.7 Å². The van der Waals surface area contributed by atoms with Crippen molar-refractivity contribution in [2.45, 2.75) is 46.3 Å². The van der Waals surface area contributed by atoms with Crippen LogP contribution in [0.15, 0.2) is 36.7 Å². The highest BCUT2D eigenvalue weighted by Gasteiger charge is 2.31. The Morgan fingerprint density at radius 3 is 2.68 bits per heavy atom. The Kier molecular flexibility index (Phi) is 6.61. The van der Waals surface area contributed by atoms with Gasteiger partial charge in [-0.1, -0.05) is 13.0 Å². The van der Waals surface area contributed by atoms with Crippen LogP contribution < -0.4 is 10.2 Å². The standard InChI is InChI=1S/C26H33N5O3/c1-6-17-14-28-24-22(17)11-19(15-29-24)21-12-20(8-7-18(21)13-27-5)31-10-9-30(16-23(31)32)25(33)34-26(2,3)4/h7-8,11-12,14-15,27H,6,9-10,13,16H2,1-5H3,(H,28,29). The summed E-state index contributed by atoms with van der Waals surface area (Å²) >= 11 is 0. The summed E-state index contributed by atoms with van der Waals surface area (Å²) in [5.41, 5.74) is 5.49. The highest BCUT2D eigenvalue weighted by atomic mass is 16.6. The first kappa shape index (κ1) is 23.8. The van der Waals surface area contributed by atoms with Gasteiger partial charge in [0.05, 0.1) is 0 Å². The van der Waals surface area contributed by atoms with Crippen LogP contribution in [0.4, 0.5) is 10.5 Å². The van der Waals surface area contributed by atoms with E-state index in [2.05, 4.69) is 40.4 Å². The largest absolute Gasteiger partial charge is 0.444 e. The van der Waals surface area contributed by atoms with E-state index in [1.807, 2.05) is 46.3 Å². The predicted molar refractivity (Wildman–Crippen MR) is 134 cm³/mol. The van der Waals surface area contributed by atoms with Gasteiger partial charge < -0.3 is 19.9 Å². The molecule has 8 heteroatoms. The number of amides is 2. The minimum absolute atomic E-state index is 0.000755. The number of benzene rings is 1. The number of hydrogen-bond acceptors (Lipinski definition) is 5. The average molecular weight is 464 g/mol. The third kappa shape index (κ3) is 4.92. The number of nitrogens with one attached hydrogen (secondary N) is 2. The number of aromatic amines is 1. The highest BCUT2D eigenvalue weighted by Crippen LogP contribution is 2.32. The number of piperazine rings is 1. The van der Waals surface area contributed by atoms with E-state index >= 15 is 0 Å². The van der Waals surface area contributed by atoms with Crippen molar-refractivity contribution in [2.24, 2.45) is 0 Å². The smallest absolute Gasteiger partial charge is 0.410 e. The molecule has 8 nitrogen and oxygen atoms in total. The van der Waals surface area contributed by atoms with Gasteiger partial charge in [0.1, 0.15) is 17.8 Å². The molecule has 3 aromatic rings. The fraction of sp³-hybridized carbons (Fsp3) is 0.423. The minimum atomic E-state index is -0.596. The SMILES string of the molecule is CCc1c[nH]c2ncc(-c3cc(N4CCN(C(=O)OC(C)(C)C)CC4=O)ccc3CNC)cc12. The number of ether oxygens (including phenoxy) is 1. The van der Waals surface area contributed by atoms with Crippen molar-refractivity contribution in [1.29, 1.82) is 0 Å². The second-order valence-corrected chi connectivity index (χ2v) is 9.61. The lowest BCUT2D eigenvalue weighted by molar-refractivity contribution is -0.121. The van der Waals surface area contributed by atoms with Crippen LogP contribution in [0.1, 0.15) is 38.8 Å². The summed E-state index contributed by atoms with van der Waals surface area (Å²) in [5, 5.41) is 4.34. The Hall–Kier alpha value is -3.39. The molecule has 2 aromatic heterocycles. The maximum atomic E-state index is 13.0. The first-order chi connectivity index (χ1) is 16.2. The number of rotatable bonds is 5. The molecule has 0 radical (unpaired) electrons. The molecule has 180 valence electrons. The Morgan fingerprint density at radius 2 is 2.00 bits per heavy atom. The minimum Gasteiger partial charge on any atom is -0.444 e. The van der Waals surface area contributed by atoms with Crippen molar-refractivity contribution in [3.05, 3.63) is 47.8 Å². The van der Waals surface area contributed by atoms with E-state index in [-0.39, 0.29) is 12.5 Å². The Bertz CT molecular complexity index is 1210. The molecule has 1 aliphatic heterocycles. The normalized spacial score (nSPS) is 14.7. The quantitative estimate of drug-likeness (QED) is 0.595. The lowest BCUT2D eigenvalue weighted by Crippen LogP contribution is -2.53. The summed E-state index contributed by atoms with van der Waals surface area (Å²) in [5.74, 6) is -0.128. The van der Waals surface area contributed by atoms with Crippen LogP contribution in [0.25, 0.3) is 22.2 Å². The van der Waals surface area contributed by atoms with E-state index in [1.165, 1.54) is 10.5 Å². The predicted octanol–water partition coefficient (Wildman–Crippen LogP) is 4.10. The van der Waals surface area contributed by atoms with Gasteiger partial charge in [0.15, 0.2) is 0 Å². The fourth-order valence-corrected chi connectivity index (χ4v) is 4.27. The van der Waals surface area contributed by atoms with E-state index in [0.29, 0.717) is 19.6 Å². The van der Waals surface area contributed by atoms with Crippen molar-refractivity contribution in [3.63, 3.8) is 0 Å². The summed E-state index contributed by atoms with van der Waals surface area (Å²) in [4.78, 5) is 36.5. The number of fused-ring (bicyclic) bond motifs is 1. The van der Waals surface area contributed by atoms with Gasteiger partial charge in [-0.25, -0.2) is 9.78 Å². The van der Waals surface area contributed by atoms with Gasteiger partial charge in [-0.05, 0) is 69.1 Å². The third-order valence-electron chi connectivity index (χ3n) is 5.95. The van der Waals surface area contributed by atoms with E-state index in [9.17, 15) is 9.59 Å². The number of hydrogen-bond donors (Lipinski definition) is 2. The Morgan fingerprint density at radius 1 is 1.21 bits per heavy atom. The number of pyridine rings is 1. The van der Waals surface area contributed by atoms with Crippen molar-refractivity contribution < 1.29 is 14.3 Å². The number of aromatic nitrogens is 2. The van der Waals surface area contributed by atoms with Crippen LogP contribution in [0.3, 0.4) is 0 Å². The number of aryl methyl sites for hydroxylation is 1. The number of carbonyl (C=O) groups excluding carboxylic acids is 2. The molecule has 0 bridgehead atoms. The van der Waals surface area contributed by atoms with E-state index in [0.717, 1.165) is 39.8 Å². The zero-order valence-electron chi connectivity index (χ0n) is 20.6. The van der Waals surface area contributed by atoms with Crippen LogP contribution in [0.2, 0.25) is 0 Å². The van der Waals surface area contributed by atoms with Gasteiger partial charge in [0, 0.05) is 48.7 Å². The Balaban J connectivity index is 1.63. The number of anilines is 1. The summed E-state index contributed by atoms with van der Waals surface area (Å²) in [6, 6.07) is 8.24. The van der Waals surface area contributed by atoms with Gasteiger partial charge in [-0.3, -0.25) is 9.69 Å². The summed E-state index contributed by atoms with van der Waals surface area (Å²) in [6.07, 6.45) is 4.35. The van der Waals surface area contributed by atoms with Gasteiger partial charge in [-0.15, -0.1) is 0 Å². The highest BCUT2D eigenvalue weighted by molar-refractivity contribution is 5.98. The van der Waals surface area contributed by atoms with Crippen LogP contribution >= 0.6 is 0 Å². The van der Waals surface area contributed by atoms with Crippen LogP contribution in [0.5, 0.6) is 0 Å². The monoisotopic (exact) mass is 463 g/mol. The van der Waals surface area contributed by atoms with Gasteiger partial charge in [0.2, 0.25) is 5.91 Å². The van der Waals surface area contributed by atoms with Gasteiger partial charge in [-0.2, -0.15) is 0 Å². The molecule has 0 aliphatic carbocycles. The molecule has 4 rings (SSSR count). The third-order valence-corrected chi connectivity index (χ3v) is 5.95. The summed E-state index contributed by atoms with van der Waals surface area (Å²) < 4.78 is 5.43. The van der Waals surface area contributed by atoms with Crippen LogP contribution in [-0.4, -0.2) is 59.2 Å². The topological polar surface area (TPSA) is 90.6 Å². The number of nitrogens with zero attached hydrogens (tertiary/aromatic N) is 3. The second kappa shape index (κ2) is 9.46. The first-order valence-corrected chi connectivity index (χ1v) is 11.7. The molecule has 1 fully saturated rings. The molecule has 1 aliphatic rings. The van der Waals surface area contributed by atoms with E-state index in [1.54, 1.807) is 4.90 Å². The molecular weight excluding hydrogens is 430 g/mol. The first-order valence-electron chi connectivity index (χ1n) is 11.7. The maximum Gasteiger partial charge on any atom is 0.410 e. The van der Waals surface area contributed by atoms with Crippen molar-refractivity contribution in [2.75, 3.05) is 31.6 Å². The molecule has 2 amide bonds. The molecule has 34 heavy (non-hydrogen) atoms. The molecule has 3 heterocycles. The lowest BCUT2D eigenvalue weighted by atomic mass is 9.98. The maximum absolute atomic E-state index is 13.0. The number of carbonyl (C=O) groups is 2. The Labute approximate surface area is 200 Å². The van der Waals surface area contributed by atoms with Gasteiger partial charge >= 0.3 is 6.09 Å². The molecule has 0 atom stereocenters. The summed E-state index contributed by atoms with van der Waals surface area (Å²) in [7, 11) is 1.92. The van der Waals surface area contributed by atoms with Crippen LogP contribution in [-0.2, 0) is 22.5 Å². The average Bonchev–Trinajstić information content (AvgIpc) is 3.21. The van der Waals surface area contributed by atoms with E-state index < -0.39 is 11.7 Å². The lowest BCUT2D eigenvalue weighted by Gasteiger charge is -2.35. The van der Waals surface area contributed by atoms with Crippen molar-refractivity contribution in [1.82, 2.24) is 20.2 Å². The molecule has 1 saturated heterocycles. The second-order valence-electron chi connectivity index (χ2n) is 9.61. The zero-order valence-corrected chi connectivity index (χ0v) is 20.6. The zero-order chi connectivity index (χ0) is 24.5. The molecule has 0 saturated carbocycles. The number of H-pyrrole nitrogens is 1. The molecule has 1 aromatic carbocycles. The molecular formula is C26H33N5O3. The molecule has 2 N–H and O–H groups in total. The molecule has 0 unspecified atom stereocenters. The van der Waals surface area contributed by atoms with Crippen LogP contribution in [0, 0.1) is 0 Å².